The van der Waals surface area contributed by atoms with Crippen LogP contribution in [-0.2, 0) is 16.0 Å². The molecule has 2 unspecified atom stereocenters. The van der Waals surface area contributed by atoms with Crippen LogP contribution in [0.2, 0.25) is 0 Å². The Morgan fingerprint density at radius 2 is 2.11 bits per heavy atom. The summed E-state index contributed by atoms with van der Waals surface area (Å²) < 4.78 is -0.857. The van der Waals surface area contributed by atoms with Gasteiger partial charge in [-0.2, -0.15) is 12.6 Å². The molecule has 0 saturated heterocycles. The van der Waals surface area contributed by atoms with Gasteiger partial charge in [0.15, 0.2) is 0 Å². The average Bonchev–Trinajstić information content (AvgIpc) is 2.35. The molecule has 5 heteroatoms. The highest BCUT2D eigenvalue weighted by atomic mass is 32.1. The number of hydrogen-bond acceptors (Lipinski definition) is 4. The number of thiol groups is 1. The maximum atomic E-state index is 11.1. The van der Waals surface area contributed by atoms with Crippen LogP contribution in [0.4, 0.5) is 0 Å². The van der Waals surface area contributed by atoms with Crippen molar-refractivity contribution in [1.29, 1.82) is 0 Å². The average molecular weight is 267 g/mol. The number of nitrogens with one attached hydrogen (secondary N) is 1. The standard InChI is InChI=1S/C13H17NO3S/c1-13(18,9-15)8-14-11(12(16)17)7-10-5-3-2-4-6-10/h2-6,9,11,14,18H,7-8H2,1H3,(H,16,17). The Bertz CT molecular complexity index is 406. The SMILES string of the molecule is CC(S)(C=O)CNC(Cc1ccccc1)C(=O)O. The predicted octanol–water partition coefficient (Wildman–Crippen LogP) is 1.16. The minimum atomic E-state index is -0.936. The fourth-order valence-electron chi connectivity index (χ4n) is 1.47. The molecule has 2 atom stereocenters. The molecule has 0 aliphatic heterocycles. The van der Waals surface area contributed by atoms with E-state index in [2.05, 4.69) is 17.9 Å². The molecule has 0 heterocycles. The van der Waals surface area contributed by atoms with Crippen LogP contribution in [0.3, 0.4) is 0 Å². The van der Waals surface area contributed by atoms with Crippen LogP contribution in [0.1, 0.15) is 12.5 Å². The Kier molecular flexibility index (Phi) is 5.37. The molecule has 0 amide bonds. The predicted molar refractivity (Wildman–Crippen MR) is 73.0 cm³/mol. The van der Waals surface area contributed by atoms with Crippen molar-refractivity contribution in [3.63, 3.8) is 0 Å². The van der Waals surface area contributed by atoms with Gasteiger partial charge in [-0.15, -0.1) is 0 Å². The lowest BCUT2D eigenvalue weighted by Gasteiger charge is -2.21. The summed E-state index contributed by atoms with van der Waals surface area (Å²) in [4.78, 5) is 21.8. The van der Waals surface area contributed by atoms with Crippen molar-refractivity contribution in [2.45, 2.75) is 24.1 Å². The quantitative estimate of drug-likeness (QED) is 0.512. The van der Waals surface area contributed by atoms with Crippen molar-refractivity contribution >= 4 is 24.9 Å². The summed E-state index contributed by atoms with van der Waals surface area (Å²) in [6.07, 6.45) is 1.07. The van der Waals surface area contributed by atoms with Gasteiger partial charge < -0.3 is 15.2 Å². The minimum Gasteiger partial charge on any atom is -0.480 e. The van der Waals surface area contributed by atoms with Crippen LogP contribution < -0.4 is 5.32 Å². The van der Waals surface area contributed by atoms with Gasteiger partial charge in [0.25, 0.3) is 0 Å². The van der Waals surface area contributed by atoms with E-state index in [-0.39, 0.29) is 6.54 Å². The van der Waals surface area contributed by atoms with Gasteiger partial charge in [-0.05, 0) is 18.9 Å². The summed E-state index contributed by atoms with van der Waals surface area (Å²) in [6.45, 7) is 1.85. The number of rotatable bonds is 7. The normalized spacial score (nSPS) is 15.7. The third-order valence-corrected chi connectivity index (χ3v) is 2.80. The molecule has 0 saturated carbocycles. The summed E-state index contributed by atoms with van der Waals surface area (Å²) in [5.41, 5.74) is 0.935. The van der Waals surface area contributed by atoms with Crippen LogP contribution >= 0.6 is 12.6 Å². The fraction of sp³-hybridized carbons (Fsp3) is 0.385. The van der Waals surface area contributed by atoms with Crippen LogP contribution in [0.15, 0.2) is 30.3 Å². The summed E-state index contributed by atoms with van der Waals surface area (Å²) in [6, 6.07) is 8.63. The summed E-state index contributed by atoms with van der Waals surface area (Å²) in [5, 5.41) is 12.0. The number of carboxylic acids is 1. The number of carboxylic acid groups (broad SMARTS) is 1. The highest BCUT2D eigenvalue weighted by Gasteiger charge is 2.23. The van der Waals surface area contributed by atoms with Crippen molar-refractivity contribution in [3.8, 4) is 0 Å². The zero-order valence-electron chi connectivity index (χ0n) is 10.2. The molecule has 1 aromatic carbocycles. The first-order valence-electron chi connectivity index (χ1n) is 5.63. The zero-order chi connectivity index (χ0) is 13.6. The molecule has 98 valence electrons. The number of carbonyl (C=O) groups excluding carboxylic acids is 1. The van der Waals surface area contributed by atoms with Crippen molar-refractivity contribution in [2.24, 2.45) is 0 Å². The maximum absolute atomic E-state index is 11.1. The van der Waals surface area contributed by atoms with E-state index in [9.17, 15) is 9.59 Å². The molecule has 2 N–H and O–H groups in total. The van der Waals surface area contributed by atoms with Crippen LogP contribution in [0.5, 0.6) is 0 Å². The summed E-state index contributed by atoms with van der Waals surface area (Å²) in [7, 11) is 0. The molecule has 1 rings (SSSR count). The second-order valence-electron chi connectivity index (χ2n) is 4.44. The van der Waals surface area contributed by atoms with E-state index < -0.39 is 16.8 Å². The molecular weight excluding hydrogens is 250 g/mol. The van der Waals surface area contributed by atoms with Gasteiger partial charge in [0.2, 0.25) is 0 Å². The lowest BCUT2D eigenvalue weighted by molar-refractivity contribution is -0.139. The van der Waals surface area contributed by atoms with E-state index in [0.29, 0.717) is 12.7 Å². The van der Waals surface area contributed by atoms with Crippen molar-refractivity contribution in [1.82, 2.24) is 5.32 Å². The van der Waals surface area contributed by atoms with E-state index in [0.717, 1.165) is 5.56 Å². The summed E-state index contributed by atoms with van der Waals surface area (Å²) in [5.74, 6) is -0.936. The molecular formula is C13H17NO3S. The number of benzene rings is 1. The first kappa shape index (κ1) is 14.7. The third-order valence-electron chi connectivity index (χ3n) is 2.54. The highest BCUT2D eigenvalue weighted by Crippen LogP contribution is 2.09. The molecule has 0 aromatic heterocycles. The number of hydrogen-bond donors (Lipinski definition) is 3. The monoisotopic (exact) mass is 267 g/mol. The highest BCUT2D eigenvalue weighted by molar-refractivity contribution is 7.82. The van der Waals surface area contributed by atoms with Gasteiger partial charge in [0, 0.05) is 6.54 Å². The first-order valence-corrected chi connectivity index (χ1v) is 6.08. The molecule has 0 aliphatic carbocycles. The molecule has 0 bridgehead atoms. The van der Waals surface area contributed by atoms with Crippen LogP contribution in [0, 0.1) is 0 Å². The second kappa shape index (κ2) is 6.56. The van der Waals surface area contributed by atoms with E-state index in [1.165, 1.54) is 0 Å². The third kappa shape index (κ3) is 4.89. The largest absolute Gasteiger partial charge is 0.480 e. The fourth-order valence-corrected chi connectivity index (χ4v) is 1.56. The number of carbonyl (C=O) groups is 2. The Hall–Kier alpha value is -1.33. The minimum absolute atomic E-state index is 0.212. The molecule has 4 nitrogen and oxygen atoms in total. The Balaban J connectivity index is 2.61. The van der Waals surface area contributed by atoms with Gasteiger partial charge in [-0.1, -0.05) is 30.3 Å². The molecule has 18 heavy (non-hydrogen) atoms. The molecule has 1 aromatic rings. The van der Waals surface area contributed by atoms with E-state index >= 15 is 0 Å². The maximum Gasteiger partial charge on any atom is 0.321 e. The van der Waals surface area contributed by atoms with E-state index in [1.54, 1.807) is 6.92 Å². The molecule has 0 fully saturated rings. The topological polar surface area (TPSA) is 66.4 Å². The lowest BCUT2D eigenvalue weighted by atomic mass is 10.1. The van der Waals surface area contributed by atoms with Gasteiger partial charge in [0.1, 0.15) is 12.3 Å². The number of aliphatic carboxylic acids is 1. The number of aldehydes is 1. The van der Waals surface area contributed by atoms with Crippen molar-refractivity contribution < 1.29 is 14.7 Å². The van der Waals surface area contributed by atoms with Gasteiger partial charge in [-0.3, -0.25) is 4.79 Å². The Morgan fingerprint density at radius 3 is 2.61 bits per heavy atom. The van der Waals surface area contributed by atoms with Crippen molar-refractivity contribution in [2.75, 3.05) is 6.54 Å². The Labute approximate surface area is 112 Å². The molecule has 0 aliphatic rings. The lowest BCUT2D eigenvalue weighted by Crippen LogP contribution is -2.45. The molecule has 0 spiro atoms. The van der Waals surface area contributed by atoms with Gasteiger partial charge in [-0.25, -0.2) is 0 Å². The van der Waals surface area contributed by atoms with Crippen LogP contribution in [0.25, 0.3) is 0 Å². The van der Waals surface area contributed by atoms with Crippen molar-refractivity contribution in [3.05, 3.63) is 35.9 Å². The Morgan fingerprint density at radius 1 is 1.50 bits per heavy atom. The molecule has 0 radical (unpaired) electrons. The smallest absolute Gasteiger partial charge is 0.321 e. The van der Waals surface area contributed by atoms with E-state index in [4.69, 9.17) is 5.11 Å². The van der Waals surface area contributed by atoms with Crippen LogP contribution in [-0.4, -0.2) is 34.7 Å². The van der Waals surface area contributed by atoms with E-state index in [1.807, 2.05) is 30.3 Å². The second-order valence-corrected chi connectivity index (χ2v) is 5.46. The van der Waals surface area contributed by atoms with Gasteiger partial charge >= 0.3 is 5.97 Å². The summed E-state index contributed by atoms with van der Waals surface area (Å²) >= 11 is 4.13. The first-order chi connectivity index (χ1) is 8.44. The zero-order valence-corrected chi connectivity index (χ0v) is 11.1. The van der Waals surface area contributed by atoms with Gasteiger partial charge in [0.05, 0.1) is 4.75 Å².